The maximum absolute atomic E-state index is 12.6. The van der Waals surface area contributed by atoms with E-state index in [2.05, 4.69) is 31.9 Å². The molecule has 0 saturated heterocycles. The van der Waals surface area contributed by atoms with Crippen LogP contribution in [-0.2, 0) is 0 Å². The summed E-state index contributed by atoms with van der Waals surface area (Å²) >= 11 is 8.32. The van der Waals surface area contributed by atoms with E-state index in [1.54, 1.807) is 7.11 Å². The van der Waals surface area contributed by atoms with Gasteiger partial charge in [0.2, 0.25) is 0 Å². The highest BCUT2D eigenvalue weighted by Crippen LogP contribution is 2.34. The van der Waals surface area contributed by atoms with E-state index in [0.717, 1.165) is 24.4 Å². The van der Waals surface area contributed by atoms with Gasteiger partial charge in [0.1, 0.15) is 5.75 Å². The van der Waals surface area contributed by atoms with Crippen molar-refractivity contribution in [1.82, 2.24) is 0 Å². The van der Waals surface area contributed by atoms with Crippen LogP contribution in [-0.4, -0.2) is 12.9 Å². The van der Waals surface area contributed by atoms with E-state index in [4.69, 9.17) is 4.74 Å². The van der Waals surface area contributed by atoms with Crippen LogP contribution >= 0.6 is 43.2 Å². The Morgan fingerprint density at radius 3 is 2.32 bits per heavy atom. The molecule has 0 aliphatic heterocycles. The Kier molecular flexibility index (Phi) is 4.48. The van der Waals surface area contributed by atoms with Crippen LogP contribution in [0.25, 0.3) is 0 Å². The maximum Gasteiger partial charge on any atom is 0.195 e. The Balaban J connectivity index is 2.50. The molecular weight excluding hydrogens is 392 g/mol. The first-order chi connectivity index (χ1) is 8.93. The molecule has 0 radical (unpaired) electrons. The summed E-state index contributed by atoms with van der Waals surface area (Å²) < 4.78 is 7.05. The maximum atomic E-state index is 12.6. The number of hydrogen-bond acceptors (Lipinski definition) is 3. The molecule has 0 unspecified atom stereocenters. The van der Waals surface area contributed by atoms with Gasteiger partial charge in [0, 0.05) is 11.1 Å². The summed E-state index contributed by atoms with van der Waals surface area (Å²) in [5.41, 5.74) is 3.28. The number of thiophene rings is 1. The lowest BCUT2D eigenvalue weighted by Gasteiger charge is -2.10. The van der Waals surface area contributed by atoms with E-state index in [-0.39, 0.29) is 5.78 Å². The quantitative estimate of drug-likeness (QED) is 0.664. The van der Waals surface area contributed by atoms with Gasteiger partial charge in [0.25, 0.3) is 0 Å². The molecule has 2 aromatic rings. The topological polar surface area (TPSA) is 26.3 Å². The van der Waals surface area contributed by atoms with Crippen LogP contribution in [0.15, 0.2) is 25.8 Å². The van der Waals surface area contributed by atoms with Crippen LogP contribution in [0.5, 0.6) is 5.75 Å². The minimum absolute atomic E-state index is 0.0251. The van der Waals surface area contributed by atoms with Gasteiger partial charge in [0.05, 0.1) is 14.7 Å². The molecule has 0 fully saturated rings. The normalized spacial score (nSPS) is 10.6. The lowest BCUT2D eigenvalue weighted by molar-refractivity contribution is 0.103. The molecule has 0 bridgehead atoms. The molecule has 1 heterocycles. The molecular formula is C14H12Br2O2S. The van der Waals surface area contributed by atoms with E-state index < -0.39 is 0 Å². The number of carbonyl (C=O) groups excluding carboxylic acids is 1. The predicted octanol–water partition coefficient (Wildman–Crippen LogP) is 5.13. The van der Waals surface area contributed by atoms with Crippen molar-refractivity contribution in [3.05, 3.63) is 48.0 Å². The van der Waals surface area contributed by atoms with Crippen molar-refractivity contribution in [2.75, 3.05) is 7.11 Å². The first-order valence-electron chi connectivity index (χ1n) is 5.58. The van der Waals surface area contributed by atoms with Crippen LogP contribution in [0.3, 0.4) is 0 Å². The molecule has 0 aliphatic rings. The van der Waals surface area contributed by atoms with Gasteiger partial charge >= 0.3 is 0 Å². The molecule has 1 aromatic heterocycles. The second kappa shape index (κ2) is 5.77. The largest absolute Gasteiger partial charge is 0.496 e. The SMILES string of the molecule is COc1cc(C)c(C(=O)c2cc(Br)sc2Br)cc1C. The van der Waals surface area contributed by atoms with Gasteiger partial charge in [-0.1, -0.05) is 0 Å². The lowest BCUT2D eigenvalue weighted by Crippen LogP contribution is -2.04. The average molecular weight is 404 g/mol. The summed E-state index contributed by atoms with van der Waals surface area (Å²) in [4.78, 5) is 12.6. The van der Waals surface area contributed by atoms with Gasteiger partial charge in [-0.25, -0.2) is 0 Å². The number of carbonyl (C=O) groups is 1. The van der Waals surface area contributed by atoms with Gasteiger partial charge in [-0.3, -0.25) is 4.79 Å². The third kappa shape index (κ3) is 2.93. The van der Waals surface area contributed by atoms with Gasteiger partial charge in [0.15, 0.2) is 5.78 Å². The molecule has 100 valence electrons. The smallest absolute Gasteiger partial charge is 0.195 e. The van der Waals surface area contributed by atoms with Crippen molar-refractivity contribution in [3.63, 3.8) is 0 Å². The number of hydrogen-bond donors (Lipinski definition) is 0. The minimum Gasteiger partial charge on any atom is -0.496 e. The van der Waals surface area contributed by atoms with Crippen molar-refractivity contribution in [1.29, 1.82) is 0 Å². The van der Waals surface area contributed by atoms with Crippen LogP contribution < -0.4 is 4.74 Å². The zero-order chi connectivity index (χ0) is 14.2. The molecule has 0 amide bonds. The van der Waals surface area contributed by atoms with Crippen LogP contribution in [0.2, 0.25) is 0 Å². The summed E-state index contributed by atoms with van der Waals surface area (Å²) in [5, 5.41) is 0. The molecule has 0 saturated carbocycles. The molecule has 2 rings (SSSR count). The van der Waals surface area contributed by atoms with Crippen molar-refractivity contribution < 1.29 is 9.53 Å². The van der Waals surface area contributed by atoms with Gasteiger partial charge in [-0.05, 0) is 75.0 Å². The monoisotopic (exact) mass is 402 g/mol. The van der Waals surface area contributed by atoms with Crippen molar-refractivity contribution >= 4 is 49.0 Å². The standard InChI is InChI=1S/C14H12Br2O2S/c1-7-5-11(18-3)8(2)4-9(7)13(17)10-6-12(15)19-14(10)16/h4-6H,1-3H3. The zero-order valence-electron chi connectivity index (χ0n) is 10.7. The van der Waals surface area contributed by atoms with Crippen molar-refractivity contribution in [3.8, 4) is 5.75 Å². The van der Waals surface area contributed by atoms with E-state index in [9.17, 15) is 4.79 Å². The number of ether oxygens (including phenoxy) is 1. The molecule has 0 aliphatic carbocycles. The minimum atomic E-state index is 0.0251. The number of methoxy groups -OCH3 is 1. The number of aryl methyl sites for hydroxylation is 2. The highest BCUT2D eigenvalue weighted by Gasteiger charge is 2.18. The zero-order valence-corrected chi connectivity index (χ0v) is 14.7. The third-order valence-electron chi connectivity index (χ3n) is 2.89. The molecule has 0 N–H and O–H groups in total. The number of ketones is 1. The van der Waals surface area contributed by atoms with Gasteiger partial charge < -0.3 is 4.74 Å². The van der Waals surface area contributed by atoms with E-state index in [0.29, 0.717) is 11.1 Å². The molecule has 1 aromatic carbocycles. The van der Waals surface area contributed by atoms with Crippen LogP contribution in [0, 0.1) is 13.8 Å². The Morgan fingerprint density at radius 1 is 1.11 bits per heavy atom. The van der Waals surface area contributed by atoms with E-state index in [1.165, 1.54) is 11.3 Å². The second-order valence-corrected chi connectivity index (χ2v) is 7.95. The average Bonchev–Trinajstić information content (AvgIpc) is 2.70. The third-order valence-corrected chi connectivity index (χ3v) is 5.23. The number of rotatable bonds is 3. The van der Waals surface area contributed by atoms with Crippen molar-refractivity contribution in [2.24, 2.45) is 0 Å². The highest BCUT2D eigenvalue weighted by molar-refractivity contribution is 9.12. The first kappa shape index (κ1) is 14.8. The molecule has 2 nitrogen and oxygen atoms in total. The second-order valence-electron chi connectivity index (χ2n) is 4.20. The fourth-order valence-electron chi connectivity index (χ4n) is 1.89. The predicted molar refractivity (Wildman–Crippen MR) is 85.6 cm³/mol. The number of benzene rings is 1. The Bertz CT molecular complexity index is 647. The molecule has 5 heteroatoms. The van der Waals surface area contributed by atoms with E-state index >= 15 is 0 Å². The molecule has 19 heavy (non-hydrogen) atoms. The fraction of sp³-hybridized carbons (Fsp3) is 0.214. The van der Waals surface area contributed by atoms with Crippen LogP contribution in [0.1, 0.15) is 27.0 Å². The Morgan fingerprint density at radius 2 is 1.79 bits per heavy atom. The summed E-state index contributed by atoms with van der Waals surface area (Å²) in [6, 6.07) is 5.63. The fourth-order valence-corrected chi connectivity index (χ4v) is 4.69. The lowest BCUT2D eigenvalue weighted by atomic mass is 9.98. The summed E-state index contributed by atoms with van der Waals surface area (Å²) in [6.07, 6.45) is 0. The Hall–Kier alpha value is -0.650. The van der Waals surface area contributed by atoms with Gasteiger partial charge in [-0.2, -0.15) is 0 Å². The first-order valence-corrected chi connectivity index (χ1v) is 7.99. The molecule has 0 atom stereocenters. The number of halogens is 2. The van der Waals surface area contributed by atoms with Crippen LogP contribution in [0.4, 0.5) is 0 Å². The summed E-state index contributed by atoms with van der Waals surface area (Å²) in [6.45, 7) is 3.86. The van der Waals surface area contributed by atoms with E-state index in [1.807, 2.05) is 32.0 Å². The summed E-state index contributed by atoms with van der Waals surface area (Å²) in [5.74, 6) is 0.830. The molecule has 0 spiro atoms. The highest BCUT2D eigenvalue weighted by atomic mass is 79.9. The van der Waals surface area contributed by atoms with Gasteiger partial charge in [-0.15, -0.1) is 11.3 Å². The van der Waals surface area contributed by atoms with Crippen molar-refractivity contribution in [2.45, 2.75) is 13.8 Å². The Labute approximate surface area is 133 Å². The summed E-state index contributed by atoms with van der Waals surface area (Å²) in [7, 11) is 1.63.